The van der Waals surface area contributed by atoms with E-state index in [9.17, 15) is 4.79 Å². The molecule has 134 valence electrons. The molecule has 1 aliphatic carbocycles. The number of carbonyl (C=O) groups is 1. The van der Waals surface area contributed by atoms with Crippen LogP contribution in [0.15, 0.2) is 54.6 Å². The first-order valence-corrected chi connectivity index (χ1v) is 9.79. The van der Waals surface area contributed by atoms with Crippen molar-refractivity contribution in [2.24, 2.45) is 5.41 Å². The van der Waals surface area contributed by atoms with Crippen LogP contribution in [0.1, 0.15) is 31.2 Å². The number of ether oxygens (including phenoxy) is 1. The van der Waals surface area contributed by atoms with Crippen molar-refractivity contribution in [3.05, 3.63) is 60.2 Å². The number of benzene rings is 2. The number of nitrogens with zero attached hydrogens (tertiary/aromatic N) is 1. The van der Waals surface area contributed by atoms with Gasteiger partial charge in [0.2, 0.25) is 0 Å². The largest absolute Gasteiger partial charge is 0.368 e. The SMILES string of the molecule is O=C([C@H]1CCO1)N1CC2(CC2)C[C@@H]1Cc1cccc(-c2ccccc2)c1. The first-order chi connectivity index (χ1) is 12.7. The smallest absolute Gasteiger partial charge is 0.252 e. The van der Waals surface area contributed by atoms with Crippen LogP contribution in [-0.2, 0) is 16.0 Å². The molecule has 1 amide bonds. The summed E-state index contributed by atoms with van der Waals surface area (Å²) < 4.78 is 5.48. The van der Waals surface area contributed by atoms with Gasteiger partial charge >= 0.3 is 0 Å². The van der Waals surface area contributed by atoms with Crippen molar-refractivity contribution in [2.45, 2.75) is 44.2 Å². The zero-order valence-corrected chi connectivity index (χ0v) is 15.1. The highest BCUT2D eigenvalue weighted by atomic mass is 16.5. The van der Waals surface area contributed by atoms with Crippen molar-refractivity contribution in [3.63, 3.8) is 0 Å². The lowest BCUT2D eigenvalue weighted by molar-refractivity contribution is -0.157. The van der Waals surface area contributed by atoms with Crippen molar-refractivity contribution < 1.29 is 9.53 Å². The van der Waals surface area contributed by atoms with Crippen LogP contribution in [0, 0.1) is 5.41 Å². The van der Waals surface area contributed by atoms with Crippen molar-refractivity contribution >= 4 is 5.91 Å². The molecule has 2 heterocycles. The Morgan fingerprint density at radius 2 is 1.85 bits per heavy atom. The van der Waals surface area contributed by atoms with Crippen LogP contribution in [-0.4, -0.2) is 36.1 Å². The van der Waals surface area contributed by atoms with Gasteiger partial charge in [-0.2, -0.15) is 0 Å². The summed E-state index contributed by atoms with van der Waals surface area (Å²) in [7, 11) is 0. The molecule has 26 heavy (non-hydrogen) atoms. The Morgan fingerprint density at radius 1 is 1.08 bits per heavy atom. The fourth-order valence-corrected chi connectivity index (χ4v) is 4.54. The van der Waals surface area contributed by atoms with Gasteiger partial charge in [-0.3, -0.25) is 4.79 Å². The maximum Gasteiger partial charge on any atom is 0.252 e. The van der Waals surface area contributed by atoms with E-state index in [2.05, 4.69) is 53.4 Å². The van der Waals surface area contributed by atoms with E-state index in [4.69, 9.17) is 4.74 Å². The third kappa shape index (κ3) is 2.95. The van der Waals surface area contributed by atoms with Gasteiger partial charge in [-0.25, -0.2) is 0 Å². The fraction of sp³-hybridized carbons (Fsp3) is 0.435. The van der Waals surface area contributed by atoms with Crippen LogP contribution < -0.4 is 0 Å². The van der Waals surface area contributed by atoms with Crippen LogP contribution in [0.5, 0.6) is 0 Å². The fourth-order valence-electron chi connectivity index (χ4n) is 4.54. The summed E-state index contributed by atoms with van der Waals surface area (Å²) >= 11 is 0. The topological polar surface area (TPSA) is 29.5 Å². The highest BCUT2D eigenvalue weighted by Crippen LogP contribution is 2.55. The zero-order chi connectivity index (χ0) is 17.6. The predicted molar refractivity (Wildman–Crippen MR) is 102 cm³/mol. The molecule has 0 unspecified atom stereocenters. The average Bonchev–Trinajstić information content (AvgIpc) is 3.28. The van der Waals surface area contributed by atoms with Gasteiger partial charge in [0.25, 0.3) is 5.91 Å². The molecule has 3 nitrogen and oxygen atoms in total. The summed E-state index contributed by atoms with van der Waals surface area (Å²) in [4.78, 5) is 15.0. The normalized spacial score (nSPS) is 25.9. The van der Waals surface area contributed by atoms with Crippen LogP contribution in [0.2, 0.25) is 0 Å². The van der Waals surface area contributed by atoms with Crippen molar-refractivity contribution in [1.82, 2.24) is 4.90 Å². The van der Waals surface area contributed by atoms with Crippen molar-refractivity contribution in [2.75, 3.05) is 13.2 Å². The second-order valence-corrected chi connectivity index (χ2v) is 8.24. The molecular weight excluding hydrogens is 322 g/mol. The summed E-state index contributed by atoms with van der Waals surface area (Å²) in [5.41, 5.74) is 4.24. The quantitative estimate of drug-likeness (QED) is 0.834. The van der Waals surface area contributed by atoms with E-state index in [1.165, 1.54) is 29.5 Å². The number of hydrogen-bond donors (Lipinski definition) is 0. The summed E-state index contributed by atoms with van der Waals surface area (Å²) in [5.74, 6) is 0.226. The van der Waals surface area contributed by atoms with Crippen LogP contribution in [0.3, 0.4) is 0 Å². The maximum atomic E-state index is 12.8. The van der Waals surface area contributed by atoms with E-state index >= 15 is 0 Å². The lowest BCUT2D eigenvalue weighted by atomic mass is 9.96. The molecule has 3 aliphatic rings. The van der Waals surface area contributed by atoms with Crippen molar-refractivity contribution in [1.29, 1.82) is 0 Å². The average molecular weight is 347 g/mol. The highest BCUT2D eigenvalue weighted by Gasteiger charge is 2.54. The van der Waals surface area contributed by atoms with Gasteiger partial charge in [-0.1, -0.05) is 54.6 Å². The Hall–Kier alpha value is -2.13. The third-order valence-electron chi connectivity index (χ3n) is 6.34. The van der Waals surface area contributed by atoms with E-state index in [0.29, 0.717) is 11.5 Å². The minimum absolute atomic E-state index is 0.179. The molecule has 1 spiro atoms. The summed E-state index contributed by atoms with van der Waals surface area (Å²) in [5, 5.41) is 0. The highest BCUT2D eigenvalue weighted by molar-refractivity contribution is 5.82. The number of hydrogen-bond acceptors (Lipinski definition) is 2. The molecule has 2 aromatic carbocycles. The molecule has 2 atom stereocenters. The van der Waals surface area contributed by atoms with Gasteiger partial charge in [-0.15, -0.1) is 0 Å². The molecule has 0 radical (unpaired) electrons. The van der Waals surface area contributed by atoms with Crippen molar-refractivity contribution in [3.8, 4) is 11.1 Å². The van der Waals surface area contributed by atoms with E-state index in [-0.39, 0.29) is 12.0 Å². The Kier molecular flexibility index (Phi) is 3.86. The van der Waals surface area contributed by atoms with E-state index in [1.807, 2.05) is 6.07 Å². The molecule has 1 saturated carbocycles. The lowest BCUT2D eigenvalue weighted by Gasteiger charge is -2.33. The Labute approximate surface area is 155 Å². The van der Waals surface area contributed by atoms with E-state index in [1.54, 1.807) is 0 Å². The number of amides is 1. The predicted octanol–water partition coefficient (Wildman–Crippen LogP) is 4.07. The molecule has 2 saturated heterocycles. The third-order valence-corrected chi connectivity index (χ3v) is 6.34. The Morgan fingerprint density at radius 3 is 2.54 bits per heavy atom. The van der Waals surface area contributed by atoms with Gasteiger partial charge in [0, 0.05) is 19.0 Å². The first kappa shape index (κ1) is 16.1. The molecule has 3 fully saturated rings. The maximum absolute atomic E-state index is 12.8. The summed E-state index contributed by atoms with van der Waals surface area (Å²) in [6, 6.07) is 19.6. The summed E-state index contributed by atoms with van der Waals surface area (Å²) in [6.45, 7) is 1.67. The van der Waals surface area contributed by atoms with Gasteiger partial charge in [-0.05, 0) is 47.8 Å². The van der Waals surface area contributed by atoms with Crippen LogP contribution in [0.25, 0.3) is 11.1 Å². The number of likely N-dealkylation sites (tertiary alicyclic amines) is 1. The molecule has 0 aromatic heterocycles. The molecule has 5 rings (SSSR count). The second kappa shape index (κ2) is 6.24. The molecule has 0 bridgehead atoms. The van der Waals surface area contributed by atoms with E-state index in [0.717, 1.165) is 32.4 Å². The van der Waals surface area contributed by atoms with Crippen LogP contribution >= 0.6 is 0 Å². The van der Waals surface area contributed by atoms with Gasteiger partial charge < -0.3 is 9.64 Å². The first-order valence-electron chi connectivity index (χ1n) is 9.79. The molecule has 2 aromatic rings. The zero-order valence-electron chi connectivity index (χ0n) is 15.1. The lowest BCUT2D eigenvalue weighted by Crippen LogP contribution is -2.48. The monoisotopic (exact) mass is 347 g/mol. The molecule has 0 N–H and O–H groups in total. The summed E-state index contributed by atoms with van der Waals surface area (Å²) in [6.07, 6.45) is 5.37. The minimum Gasteiger partial charge on any atom is -0.368 e. The van der Waals surface area contributed by atoms with Gasteiger partial charge in [0.1, 0.15) is 6.10 Å². The van der Waals surface area contributed by atoms with Gasteiger partial charge in [0.15, 0.2) is 0 Å². The molecular formula is C23H25NO2. The number of carbonyl (C=O) groups excluding carboxylic acids is 1. The second-order valence-electron chi connectivity index (χ2n) is 8.24. The molecule has 2 aliphatic heterocycles. The Bertz CT molecular complexity index is 808. The van der Waals surface area contributed by atoms with Gasteiger partial charge in [0.05, 0.1) is 6.61 Å². The minimum atomic E-state index is -0.179. The van der Waals surface area contributed by atoms with E-state index < -0.39 is 0 Å². The standard InChI is InChI=1S/C23H25NO2/c25-22(21-9-12-26-21)24-16-23(10-11-23)15-20(24)14-17-5-4-8-19(13-17)18-6-2-1-3-7-18/h1-8,13,20-21H,9-12,14-16H2/t20-,21+/m0/s1. The molecule has 3 heteroatoms. The Balaban J connectivity index is 1.36. The van der Waals surface area contributed by atoms with Crippen LogP contribution in [0.4, 0.5) is 0 Å². The number of rotatable bonds is 4.